The van der Waals surface area contributed by atoms with Gasteiger partial charge in [0.05, 0.1) is 0 Å². The Morgan fingerprint density at radius 1 is 0.721 bits per heavy atom. The van der Waals surface area contributed by atoms with Crippen LogP contribution in [-0.2, 0) is 67.6 Å². The summed E-state index contributed by atoms with van der Waals surface area (Å²) in [5.74, 6) is 1.25. The van der Waals surface area contributed by atoms with Crippen LogP contribution in [0.5, 0.6) is 17.2 Å². The van der Waals surface area contributed by atoms with Crippen LogP contribution in [0.1, 0.15) is 42.4 Å². The minimum absolute atomic E-state index is 0.0920. The summed E-state index contributed by atoms with van der Waals surface area (Å²) >= 11 is -1.99. The Kier molecular flexibility index (Phi) is 15.4. The molecular weight excluding hydrogens is 876 g/mol. The average Bonchev–Trinajstić information content (AvgIpc) is 3.80. The number of ether oxygens (including phenoxy) is 10. The summed E-state index contributed by atoms with van der Waals surface area (Å²) in [5, 5.41) is 0.982. The molecule has 3 aliphatic heterocycles. The first-order valence-electron chi connectivity index (χ1n) is 20.1. The van der Waals surface area contributed by atoms with Gasteiger partial charge in [0.25, 0.3) is 0 Å². The Hall–Kier alpha value is -3.61. The third-order valence-corrected chi connectivity index (χ3v) is 17.1. The summed E-state index contributed by atoms with van der Waals surface area (Å²) in [5.41, 5.74) is 3.59. The first kappa shape index (κ1) is 45.4. The molecule has 0 saturated carbocycles. The molecule has 14 nitrogen and oxygen atoms in total. The van der Waals surface area contributed by atoms with Gasteiger partial charge >= 0.3 is 364 Å². The SMILES string of the molecule is COc1ccc(COC[C@@H]2[C@@H](OCc3ccc(OC)cc3)[C@H](OCc3ccc(OC)cc3)C[Se+]2C[C@@H]2OC(c3ccccc3)O[C@H]([C@H]3COC(C)(C)O3)[C@@H]2OS(=O)(=O)[O-])cc1. The third-order valence-electron chi connectivity index (χ3n) is 10.8. The molecule has 0 aromatic heterocycles. The summed E-state index contributed by atoms with van der Waals surface area (Å²) < 4.78 is 104. The van der Waals surface area contributed by atoms with Gasteiger partial charge in [0.15, 0.2) is 0 Å². The van der Waals surface area contributed by atoms with Gasteiger partial charge in [0, 0.05) is 0 Å². The van der Waals surface area contributed by atoms with Crippen molar-refractivity contribution in [1.29, 1.82) is 0 Å². The molecule has 4 aromatic rings. The van der Waals surface area contributed by atoms with Crippen LogP contribution in [0.15, 0.2) is 103 Å². The summed E-state index contributed by atoms with van der Waals surface area (Å²) in [6.07, 6.45) is -5.74. The van der Waals surface area contributed by atoms with Crippen LogP contribution in [0, 0.1) is 0 Å². The van der Waals surface area contributed by atoms with Crippen molar-refractivity contribution in [3.63, 3.8) is 0 Å². The van der Waals surface area contributed by atoms with Gasteiger partial charge in [-0.1, -0.05) is 0 Å². The van der Waals surface area contributed by atoms with Gasteiger partial charge in [-0.2, -0.15) is 0 Å². The van der Waals surface area contributed by atoms with Gasteiger partial charge in [0.1, 0.15) is 0 Å². The number of benzene rings is 4. The van der Waals surface area contributed by atoms with Crippen LogP contribution in [0.25, 0.3) is 0 Å². The predicted octanol–water partition coefficient (Wildman–Crippen LogP) is 6.76. The second kappa shape index (κ2) is 20.7. The fraction of sp³-hybridized carbons (Fsp3) is 0.467. The van der Waals surface area contributed by atoms with E-state index in [1.807, 2.05) is 103 Å². The van der Waals surface area contributed by atoms with Gasteiger partial charge in [-0.15, -0.1) is 0 Å². The molecule has 3 heterocycles. The topological polar surface area (TPSA) is 159 Å². The van der Waals surface area contributed by atoms with Crippen molar-refractivity contribution >= 4 is 24.3 Å². The molecule has 0 spiro atoms. The summed E-state index contributed by atoms with van der Waals surface area (Å²) in [4.78, 5) is -0.160. The number of methoxy groups -OCH3 is 3. The molecule has 7 rings (SSSR count). The monoisotopic (exact) mass is 930 g/mol. The summed E-state index contributed by atoms with van der Waals surface area (Å²) in [6.45, 7) is 4.89. The van der Waals surface area contributed by atoms with Crippen molar-refractivity contribution in [2.24, 2.45) is 0 Å². The Morgan fingerprint density at radius 2 is 1.28 bits per heavy atom. The molecule has 4 aromatic carbocycles. The molecule has 3 saturated heterocycles. The molecule has 330 valence electrons. The van der Waals surface area contributed by atoms with Crippen molar-refractivity contribution < 1.29 is 64.5 Å². The summed E-state index contributed by atoms with van der Waals surface area (Å²) in [6, 6.07) is 32.5. The molecule has 0 aliphatic carbocycles. The molecule has 61 heavy (non-hydrogen) atoms. The van der Waals surface area contributed by atoms with Crippen molar-refractivity contribution in [3.8, 4) is 17.2 Å². The van der Waals surface area contributed by atoms with Crippen molar-refractivity contribution in [2.75, 3.05) is 34.5 Å². The standard InChI is InChI=1S/C45H54O14SSe/c1-45(2)55-26-37(58-45)42-43(59-60(46,47)48)39(56-44(57-42)33-9-7-6-8-10-33)29-61-28-38(53-24-31-13-19-35(50-4)20-14-31)41(54-25-32-15-21-36(51-5)22-16-32)40(61)27-52-23-30-11-17-34(49-3)18-12-30/h6-22,37-44H,23-29H2,1-5H3/t37-,38-,39+,40-,41+,42-,43-,44?,61?/m1/s1. The Bertz CT molecular complexity index is 2070. The van der Waals surface area contributed by atoms with Crippen molar-refractivity contribution in [2.45, 2.75) is 97.8 Å². The van der Waals surface area contributed by atoms with E-state index in [2.05, 4.69) is 0 Å². The zero-order valence-corrected chi connectivity index (χ0v) is 37.4. The molecule has 16 heteroatoms. The van der Waals surface area contributed by atoms with Gasteiger partial charge in [-0.3, -0.25) is 0 Å². The second-order valence-electron chi connectivity index (χ2n) is 15.4. The molecule has 0 radical (unpaired) electrons. The quantitative estimate of drug-likeness (QED) is 0.0552. The van der Waals surface area contributed by atoms with E-state index >= 15 is 0 Å². The Balaban J connectivity index is 1.21. The van der Waals surface area contributed by atoms with E-state index < -0.39 is 66.9 Å². The molecule has 0 amide bonds. The number of hydrogen-bond acceptors (Lipinski definition) is 14. The van der Waals surface area contributed by atoms with Gasteiger partial charge in [-0.25, -0.2) is 0 Å². The Morgan fingerprint density at radius 3 is 1.80 bits per heavy atom. The van der Waals surface area contributed by atoms with Crippen LogP contribution >= 0.6 is 0 Å². The van der Waals surface area contributed by atoms with E-state index in [0.29, 0.717) is 42.6 Å². The second-order valence-corrected chi connectivity index (χ2v) is 21.4. The maximum atomic E-state index is 12.5. The minimum atomic E-state index is -5.23. The first-order chi connectivity index (χ1) is 29.4. The fourth-order valence-electron chi connectivity index (χ4n) is 7.69. The molecule has 3 aliphatic rings. The van der Waals surface area contributed by atoms with Crippen LogP contribution in [-0.4, -0.2) is 104 Å². The molecule has 3 fully saturated rings. The van der Waals surface area contributed by atoms with Crippen LogP contribution < -0.4 is 14.2 Å². The van der Waals surface area contributed by atoms with E-state index in [1.54, 1.807) is 35.2 Å². The number of rotatable bonds is 19. The van der Waals surface area contributed by atoms with E-state index in [0.717, 1.165) is 33.9 Å². The normalized spacial score (nSPS) is 27.5. The maximum absolute atomic E-state index is 12.5. The average molecular weight is 930 g/mol. The predicted molar refractivity (Wildman–Crippen MR) is 223 cm³/mol. The molecule has 9 atom stereocenters. The molecule has 0 bridgehead atoms. The zero-order chi connectivity index (χ0) is 43.0. The Labute approximate surface area is 362 Å². The number of hydrogen-bond donors (Lipinski definition) is 0. The van der Waals surface area contributed by atoms with Crippen molar-refractivity contribution in [3.05, 3.63) is 125 Å². The van der Waals surface area contributed by atoms with Crippen LogP contribution in [0.4, 0.5) is 0 Å². The summed E-state index contributed by atoms with van der Waals surface area (Å²) in [7, 11) is -0.357. The fourth-order valence-corrected chi connectivity index (χ4v) is 14.4. The van der Waals surface area contributed by atoms with Crippen molar-refractivity contribution in [1.82, 2.24) is 0 Å². The van der Waals surface area contributed by atoms with E-state index in [4.69, 9.17) is 51.6 Å². The van der Waals surface area contributed by atoms with Crippen LogP contribution in [0.2, 0.25) is 15.5 Å². The van der Waals surface area contributed by atoms with E-state index in [-0.39, 0.29) is 17.5 Å². The third kappa shape index (κ3) is 12.3. The first-order valence-corrected chi connectivity index (χ1v) is 24.8. The van der Waals surface area contributed by atoms with Gasteiger partial charge in [-0.05, 0) is 0 Å². The van der Waals surface area contributed by atoms with E-state index in [1.165, 1.54) is 0 Å². The molecular formula is C45H54O14SSe. The van der Waals surface area contributed by atoms with Gasteiger partial charge in [0.2, 0.25) is 0 Å². The molecule has 2 unspecified atom stereocenters. The molecule has 0 N–H and O–H groups in total. The van der Waals surface area contributed by atoms with E-state index in [9.17, 15) is 13.0 Å². The zero-order valence-electron chi connectivity index (χ0n) is 34.9. The van der Waals surface area contributed by atoms with Crippen LogP contribution in [0.3, 0.4) is 0 Å². The van der Waals surface area contributed by atoms with Gasteiger partial charge < -0.3 is 0 Å².